The van der Waals surface area contributed by atoms with Gasteiger partial charge in [-0.3, -0.25) is 9.00 Å². The molecule has 6 heteroatoms. The third-order valence-electron chi connectivity index (χ3n) is 9.92. The van der Waals surface area contributed by atoms with Crippen molar-refractivity contribution in [2.75, 3.05) is 12.8 Å². The van der Waals surface area contributed by atoms with E-state index in [4.69, 9.17) is 4.74 Å². The van der Waals surface area contributed by atoms with Gasteiger partial charge in [-0.05, 0) is 49.0 Å². The fraction of sp³-hybridized carbons (Fsp3) is 0.875. The average Bonchev–Trinajstić information content (AvgIpc) is 3.02. The molecule has 2 saturated carbocycles. The average molecular weight is 436 g/mol. The first-order valence-electron chi connectivity index (χ1n) is 11.7. The molecular weight excluding hydrogens is 398 g/mol. The minimum Gasteiger partial charge on any atom is -0.490 e. The number of nitrogens with one attached hydrogen (secondary N) is 1. The molecular formula is C24H37NO4S. The summed E-state index contributed by atoms with van der Waals surface area (Å²) in [5, 5.41) is 14.2. The lowest BCUT2D eigenvalue weighted by Crippen LogP contribution is -2.69. The molecule has 4 fully saturated rings. The van der Waals surface area contributed by atoms with Crippen LogP contribution >= 0.6 is 0 Å². The summed E-state index contributed by atoms with van der Waals surface area (Å²) in [7, 11) is -0.903. The Kier molecular flexibility index (Phi) is 4.59. The van der Waals surface area contributed by atoms with E-state index in [0.29, 0.717) is 24.8 Å². The number of hydrogen-bond acceptors (Lipinski definition) is 4. The maximum Gasteiger partial charge on any atom is 0.227 e. The minimum absolute atomic E-state index is 0.0227. The van der Waals surface area contributed by atoms with E-state index in [2.05, 4.69) is 33.0 Å². The van der Waals surface area contributed by atoms with Crippen LogP contribution < -0.4 is 5.32 Å². The van der Waals surface area contributed by atoms with E-state index in [1.165, 1.54) is 6.42 Å². The molecule has 168 valence electrons. The number of fused-ring (bicyclic) bond motifs is 2. The Hall–Kier alpha value is -0.880. The first-order valence-corrected chi connectivity index (χ1v) is 13.3. The molecule has 2 saturated heterocycles. The van der Waals surface area contributed by atoms with Crippen molar-refractivity contribution in [2.45, 2.75) is 83.2 Å². The molecule has 5 nitrogen and oxygen atoms in total. The molecule has 0 aromatic carbocycles. The Bertz CT molecular complexity index is 837. The Morgan fingerprint density at radius 3 is 2.60 bits per heavy atom. The maximum atomic E-state index is 12.7. The number of aliphatic hydroxyl groups is 1. The number of rotatable bonds is 1. The van der Waals surface area contributed by atoms with E-state index in [1.54, 1.807) is 0 Å². The van der Waals surface area contributed by atoms with E-state index in [-0.39, 0.29) is 39.4 Å². The van der Waals surface area contributed by atoms with Gasteiger partial charge in [-0.25, -0.2) is 0 Å². The van der Waals surface area contributed by atoms with Crippen molar-refractivity contribution in [1.82, 2.24) is 5.32 Å². The molecule has 0 radical (unpaired) electrons. The molecule has 2 N–H and O–H groups in total. The highest BCUT2D eigenvalue weighted by atomic mass is 32.2. The predicted molar refractivity (Wildman–Crippen MR) is 117 cm³/mol. The van der Waals surface area contributed by atoms with Crippen LogP contribution in [0.4, 0.5) is 0 Å². The molecule has 1 amide bonds. The molecule has 30 heavy (non-hydrogen) atoms. The highest BCUT2D eigenvalue weighted by Crippen LogP contribution is 2.69. The lowest BCUT2D eigenvalue weighted by atomic mass is 9.43. The summed E-state index contributed by atoms with van der Waals surface area (Å²) in [5.41, 5.74) is 0.657. The van der Waals surface area contributed by atoms with Crippen LogP contribution in [0.2, 0.25) is 0 Å². The largest absolute Gasteiger partial charge is 0.490 e. The Balaban J connectivity index is 1.68. The van der Waals surface area contributed by atoms with Gasteiger partial charge in [0.05, 0.1) is 12.0 Å². The molecule has 3 aliphatic carbocycles. The first-order chi connectivity index (χ1) is 14.0. The normalized spacial score (nSPS) is 50.4. The van der Waals surface area contributed by atoms with Crippen LogP contribution in [0.3, 0.4) is 0 Å². The van der Waals surface area contributed by atoms with Gasteiger partial charge >= 0.3 is 0 Å². The quantitative estimate of drug-likeness (QED) is 0.663. The second kappa shape index (κ2) is 6.57. The minimum atomic E-state index is -0.903. The van der Waals surface area contributed by atoms with Gasteiger partial charge in [0, 0.05) is 52.5 Å². The molecule has 2 aliphatic heterocycles. The van der Waals surface area contributed by atoms with Crippen LogP contribution in [0.25, 0.3) is 0 Å². The van der Waals surface area contributed by atoms with E-state index in [1.807, 2.05) is 6.26 Å². The highest BCUT2D eigenvalue weighted by Gasteiger charge is 2.69. The number of hydrogen-bond donors (Lipinski definition) is 2. The van der Waals surface area contributed by atoms with Gasteiger partial charge in [0.1, 0.15) is 11.4 Å². The van der Waals surface area contributed by atoms with E-state index in [0.717, 1.165) is 37.0 Å². The zero-order valence-electron chi connectivity index (χ0n) is 19.0. The maximum absolute atomic E-state index is 12.7. The van der Waals surface area contributed by atoms with Gasteiger partial charge in [0.15, 0.2) is 0 Å². The summed E-state index contributed by atoms with van der Waals surface area (Å²) >= 11 is 0. The van der Waals surface area contributed by atoms with E-state index >= 15 is 0 Å². The second-order valence-corrected chi connectivity index (χ2v) is 13.4. The van der Waals surface area contributed by atoms with Gasteiger partial charge in [0.2, 0.25) is 5.91 Å². The standard InChI is InChI=1S/C24H37NO4S/c1-13-6-7-19-22(2,3)9-14(30(5)28)10-24(19)23(13,4)11-16-18(26)8-15-17(20(16)29-24)12-25-21(15)27/h13-16,18-19,26H,6-12H2,1-5H3,(H,25,27). The SMILES string of the molecule is CC1CCC2C(C)(C)CC(S(C)=O)CC23OC2=C4CNC(=O)C4CC(O)C2CC13C. The number of carbonyl (C=O) groups excluding carboxylic acids is 1. The Morgan fingerprint density at radius 1 is 1.17 bits per heavy atom. The van der Waals surface area contributed by atoms with Crippen molar-refractivity contribution in [3.63, 3.8) is 0 Å². The number of carbonyl (C=O) groups is 1. The summed E-state index contributed by atoms with van der Waals surface area (Å²) < 4.78 is 19.9. The molecule has 9 unspecified atom stereocenters. The van der Waals surface area contributed by atoms with Crippen LogP contribution in [-0.4, -0.2) is 45.0 Å². The molecule has 0 bridgehead atoms. The van der Waals surface area contributed by atoms with Crippen molar-refractivity contribution < 1.29 is 18.8 Å². The Labute approximate surface area is 182 Å². The van der Waals surface area contributed by atoms with Crippen LogP contribution in [0.1, 0.15) is 66.2 Å². The molecule has 1 spiro atoms. The number of aliphatic hydroxyl groups excluding tert-OH is 1. The fourth-order valence-corrected chi connectivity index (χ4v) is 9.24. The zero-order chi connectivity index (χ0) is 21.6. The third-order valence-corrected chi connectivity index (χ3v) is 11.2. The molecule has 0 aromatic rings. The van der Waals surface area contributed by atoms with Crippen LogP contribution in [-0.2, 0) is 20.3 Å². The van der Waals surface area contributed by atoms with Gasteiger partial charge in [-0.2, -0.15) is 0 Å². The predicted octanol–water partition coefficient (Wildman–Crippen LogP) is 3.15. The van der Waals surface area contributed by atoms with Gasteiger partial charge in [-0.1, -0.05) is 27.7 Å². The molecule has 2 heterocycles. The molecule has 5 rings (SSSR count). The van der Waals surface area contributed by atoms with E-state index in [9.17, 15) is 14.1 Å². The lowest BCUT2D eigenvalue weighted by Gasteiger charge is -2.69. The molecule has 5 aliphatic rings. The zero-order valence-corrected chi connectivity index (χ0v) is 19.8. The third kappa shape index (κ3) is 2.61. The van der Waals surface area contributed by atoms with Crippen LogP contribution in [0, 0.1) is 34.5 Å². The second-order valence-electron chi connectivity index (χ2n) is 11.7. The monoisotopic (exact) mass is 435 g/mol. The van der Waals surface area contributed by atoms with Gasteiger partial charge in [-0.15, -0.1) is 0 Å². The summed E-state index contributed by atoms with van der Waals surface area (Å²) in [6.07, 6.45) is 6.79. The van der Waals surface area contributed by atoms with Crippen molar-refractivity contribution in [2.24, 2.45) is 34.5 Å². The molecule has 0 aromatic heterocycles. The van der Waals surface area contributed by atoms with Gasteiger partial charge in [0.25, 0.3) is 0 Å². The van der Waals surface area contributed by atoms with Gasteiger partial charge < -0.3 is 15.2 Å². The summed E-state index contributed by atoms with van der Waals surface area (Å²) in [5.74, 6) is 1.51. The van der Waals surface area contributed by atoms with Crippen LogP contribution in [0.15, 0.2) is 11.3 Å². The summed E-state index contributed by atoms with van der Waals surface area (Å²) in [4.78, 5) is 12.4. The number of amides is 1. The first kappa shape index (κ1) is 21.0. The van der Waals surface area contributed by atoms with Crippen molar-refractivity contribution in [3.05, 3.63) is 11.3 Å². The van der Waals surface area contributed by atoms with Crippen molar-refractivity contribution in [1.29, 1.82) is 0 Å². The van der Waals surface area contributed by atoms with Crippen molar-refractivity contribution in [3.8, 4) is 0 Å². The van der Waals surface area contributed by atoms with Crippen LogP contribution in [0.5, 0.6) is 0 Å². The highest BCUT2D eigenvalue weighted by molar-refractivity contribution is 7.84. The van der Waals surface area contributed by atoms with E-state index < -0.39 is 16.9 Å². The lowest BCUT2D eigenvalue weighted by molar-refractivity contribution is -0.264. The van der Waals surface area contributed by atoms with Crippen molar-refractivity contribution >= 4 is 16.7 Å². The Morgan fingerprint density at radius 2 is 1.90 bits per heavy atom. The summed E-state index contributed by atoms with van der Waals surface area (Å²) in [6, 6.07) is 0. The fourth-order valence-electron chi connectivity index (χ4n) is 8.10. The smallest absolute Gasteiger partial charge is 0.227 e. The topological polar surface area (TPSA) is 75.6 Å². The number of ether oxygens (including phenoxy) is 1. The summed E-state index contributed by atoms with van der Waals surface area (Å²) in [6.45, 7) is 9.93. The molecule has 9 atom stereocenters.